The van der Waals surface area contributed by atoms with Gasteiger partial charge in [0.2, 0.25) is 0 Å². The molecule has 19 heavy (non-hydrogen) atoms. The van der Waals surface area contributed by atoms with Crippen LogP contribution in [0.2, 0.25) is 5.02 Å². The van der Waals surface area contributed by atoms with Crippen molar-refractivity contribution in [3.8, 4) is 5.75 Å². The minimum absolute atomic E-state index is 0.188. The van der Waals surface area contributed by atoms with Crippen molar-refractivity contribution >= 4 is 28.9 Å². The summed E-state index contributed by atoms with van der Waals surface area (Å²) in [6.45, 7) is 0. The van der Waals surface area contributed by atoms with Crippen LogP contribution in [-0.4, -0.2) is 11.0 Å². The lowest BCUT2D eigenvalue weighted by atomic mass is 10.1. The maximum Gasteiger partial charge on any atom is 0.258 e. The molecule has 0 bridgehead atoms. The molecule has 0 aliphatic carbocycles. The van der Waals surface area contributed by atoms with Crippen molar-refractivity contribution in [2.45, 2.75) is 0 Å². The van der Waals surface area contributed by atoms with Crippen molar-refractivity contribution in [3.05, 3.63) is 52.8 Å². The van der Waals surface area contributed by atoms with E-state index in [2.05, 4.69) is 5.32 Å². The van der Waals surface area contributed by atoms with Crippen LogP contribution in [0.25, 0.3) is 0 Å². The van der Waals surface area contributed by atoms with Crippen molar-refractivity contribution in [3.63, 3.8) is 0 Å². The van der Waals surface area contributed by atoms with Gasteiger partial charge in [-0.1, -0.05) is 11.6 Å². The van der Waals surface area contributed by atoms with Gasteiger partial charge >= 0.3 is 0 Å². The standard InChI is InChI=1S/C13H10ClFN2O2/c14-7-1-4-12(11(16)5-7)17-13(19)9-3-2-8(18)6-10(9)15/h1-6,18H,16H2,(H,17,19). The molecule has 0 aliphatic heterocycles. The van der Waals surface area contributed by atoms with E-state index in [4.69, 9.17) is 22.4 Å². The molecule has 1 amide bonds. The Hall–Kier alpha value is -2.27. The Bertz CT molecular complexity index is 647. The molecule has 0 aliphatic rings. The quantitative estimate of drug-likeness (QED) is 0.740. The zero-order chi connectivity index (χ0) is 14.0. The number of amides is 1. The Morgan fingerprint density at radius 1 is 1.26 bits per heavy atom. The maximum absolute atomic E-state index is 13.5. The largest absolute Gasteiger partial charge is 0.508 e. The third-order valence-corrected chi connectivity index (χ3v) is 2.69. The summed E-state index contributed by atoms with van der Waals surface area (Å²) in [5, 5.41) is 12.0. The van der Waals surface area contributed by atoms with Gasteiger partial charge in [-0.05, 0) is 30.3 Å². The van der Waals surface area contributed by atoms with Crippen molar-refractivity contribution in [1.29, 1.82) is 0 Å². The fourth-order valence-electron chi connectivity index (χ4n) is 1.53. The first-order valence-corrected chi connectivity index (χ1v) is 5.70. The van der Waals surface area contributed by atoms with Gasteiger partial charge < -0.3 is 16.2 Å². The smallest absolute Gasteiger partial charge is 0.258 e. The van der Waals surface area contributed by atoms with Gasteiger partial charge in [0.25, 0.3) is 5.91 Å². The molecule has 4 nitrogen and oxygen atoms in total. The SMILES string of the molecule is Nc1cc(Cl)ccc1NC(=O)c1ccc(O)cc1F. The molecular weight excluding hydrogens is 271 g/mol. The van der Waals surface area contributed by atoms with E-state index in [-0.39, 0.29) is 17.0 Å². The monoisotopic (exact) mass is 280 g/mol. The van der Waals surface area contributed by atoms with Gasteiger partial charge in [-0.3, -0.25) is 4.79 Å². The second-order valence-electron chi connectivity index (χ2n) is 3.85. The van der Waals surface area contributed by atoms with Gasteiger partial charge in [-0.15, -0.1) is 0 Å². The number of rotatable bonds is 2. The Morgan fingerprint density at radius 3 is 2.63 bits per heavy atom. The van der Waals surface area contributed by atoms with E-state index in [0.717, 1.165) is 6.07 Å². The number of nitrogen functional groups attached to an aromatic ring is 1. The second-order valence-corrected chi connectivity index (χ2v) is 4.29. The molecule has 0 atom stereocenters. The Morgan fingerprint density at radius 2 is 2.00 bits per heavy atom. The summed E-state index contributed by atoms with van der Waals surface area (Å²) in [6, 6.07) is 7.83. The minimum atomic E-state index is -0.815. The summed E-state index contributed by atoms with van der Waals surface area (Å²) in [7, 11) is 0. The third-order valence-electron chi connectivity index (χ3n) is 2.46. The Labute approximate surface area is 113 Å². The van der Waals surface area contributed by atoms with Crippen LogP contribution in [0.4, 0.5) is 15.8 Å². The van der Waals surface area contributed by atoms with E-state index >= 15 is 0 Å². The number of anilines is 2. The molecule has 0 saturated carbocycles. The predicted molar refractivity (Wildman–Crippen MR) is 71.9 cm³/mol. The van der Waals surface area contributed by atoms with E-state index < -0.39 is 11.7 Å². The molecule has 0 aromatic heterocycles. The molecule has 2 rings (SSSR count). The van der Waals surface area contributed by atoms with E-state index in [1.165, 1.54) is 24.3 Å². The summed E-state index contributed by atoms with van der Waals surface area (Å²) < 4.78 is 13.5. The van der Waals surface area contributed by atoms with Gasteiger partial charge in [0.1, 0.15) is 11.6 Å². The summed E-state index contributed by atoms with van der Waals surface area (Å²) in [6.07, 6.45) is 0. The molecule has 0 saturated heterocycles. The summed E-state index contributed by atoms with van der Waals surface area (Å²) in [5.74, 6) is -1.73. The molecule has 4 N–H and O–H groups in total. The van der Waals surface area contributed by atoms with Crippen molar-refractivity contribution in [2.24, 2.45) is 0 Å². The second kappa shape index (κ2) is 5.16. The van der Waals surface area contributed by atoms with Gasteiger partial charge in [0.05, 0.1) is 16.9 Å². The van der Waals surface area contributed by atoms with Gasteiger partial charge in [0, 0.05) is 11.1 Å². The van der Waals surface area contributed by atoms with Gasteiger partial charge in [0.15, 0.2) is 0 Å². The van der Waals surface area contributed by atoms with Crippen LogP contribution in [0.15, 0.2) is 36.4 Å². The first-order valence-electron chi connectivity index (χ1n) is 5.32. The average molecular weight is 281 g/mol. The van der Waals surface area contributed by atoms with E-state index in [9.17, 15) is 9.18 Å². The Kier molecular flexibility index (Phi) is 3.57. The molecule has 0 heterocycles. The zero-order valence-corrected chi connectivity index (χ0v) is 10.4. The number of hydrogen-bond donors (Lipinski definition) is 3. The van der Waals surface area contributed by atoms with Crippen molar-refractivity contribution in [1.82, 2.24) is 0 Å². The van der Waals surface area contributed by atoms with Crippen molar-refractivity contribution in [2.75, 3.05) is 11.1 Å². The summed E-state index contributed by atoms with van der Waals surface area (Å²) in [5.41, 5.74) is 6.10. The molecule has 0 fully saturated rings. The van der Waals surface area contributed by atoms with Crippen LogP contribution in [0.1, 0.15) is 10.4 Å². The number of benzene rings is 2. The predicted octanol–water partition coefficient (Wildman–Crippen LogP) is 3.02. The lowest BCUT2D eigenvalue weighted by Gasteiger charge is -2.09. The van der Waals surface area contributed by atoms with Gasteiger partial charge in [-0.2, -0.15) is 0 Å². The Balaban J connectivity index is 2.25. The highest BCUT2D eigenvalue weighted by Gasteiger charge is 2.13. The zero-order valence-electron chi connectivity index (χ0n) is 9.65. The molecule has 98 valence electrons. The molecular formula is C13H10ClFN2O2. The highest BCUT2D eigenvalue weighted by Crippen LogP contribution is 2.24. The normalized spacial score (nSPS) is 10.2. The van der Waals surface area contributed by atoms with Crippen LogP contribution in [0.3, 0.4) is 0 Å². The number of halogens is 2. The number of phenols is 1. The van der Waals surface area contributed by atoms with E-state index in [1.807, 2.05) is 0 Å². The number of hydrogen-bond acceptors (Lipinski definition) is 3. The highest BCUT2D eigenvalue weighted by molar-refractivity contribution is 6.31. The summed E-state index contributed by atoms with van der Waals surface area (Å²) in [4.78, 5) is 11.9. The fourth-order valence-corrected chi connectivity index (χ4v) is 1.71. The van der Waals surface area contributed by atoms with Crippen LogP contribution in [0.5, 0.6) is 5.75 Å². The fraction of sp³-hybridized carbons (Fsp3) is 0. The molecule has 2 aromatic rings. The van der Waals surface area contributed by atoms with Crippen molar-refractivity contribution < 1.29 is 14.3 Å². The molecule has 0 unspecified atom stereocenters. The number of carbonyl (C=O) groups excluding carboxylic acids is 1. The number of nitrogens with two attached hydrogens (primary N) is 1. The first kappa shape index (κ1) is 13.2. The van der Waals surface area contributed by atoms with Crippen LogP contribution in [-0.2, 0) is 0 Å². The topological polar surface area (TPSA) is 75.3 Å². The number of carbonyl (C=O) groups is 1. The number of nitrogens with one attached hydrogen (secondary N) is 1. The first-order chi connectivity index (χ1) is 8.97. The summed E-state index contributed by atoms with van der Waals surface area (Å²) >= 11 is 5.73. The minimum Gasteiger partial charge on any atom is -0.508 e. The maximum atomic E-state index is 13.5. The van der Waals surface area contributed by atoms with Crippen LogP contribution >= 0.6 is 11.6 Å². The lowest BCUT2D eigenvalue weighted by Crippen LogP contribution is -2.14. The highest BCUT2D eigenvalue weighted by atomic mass is 35.5. The molecule has 0 spiro atoms. The van der Waals surface area contributed by atoms with E-state index in [0.29, 0.717) is 10.7 Å². The van der Waals surface area contributed by atoms with Gasteiger partial charge in [-0.25, -0.2) is 4.39 Å². The lowest BCUT2D eigenvalue weighted by molar-refractivity contribution is 0.102. The molecule has 0 radical (unpaired) electrons. The molecule has 2 aromatic carbocycles. The average Bonchev–Trinajstić information content (AvgIpc) is 2.32. The van der Waals surface area contributed by atoms with Crippen LogP contribution < -0.4 is 11.1 Å². The van der Waals surface area contributed by atoms with Crippen LogP contribution in [0, 0.1) is 5.82 Å². The van der Waals surface area contributed by atoms with E-state index in [1.54, 1.807) is 6.07 Å². The number of phenolic OH excluding ortho intramolecular Hbond substituents is 1. The number of aromatic hydroxyl groups is 1. The molecule has 6 heteroatoms. The third kappa shape index (κ3) is 2.95.